The van der Waals surface area contributed by atoms with Gasteiger partial charge in [0.1, 0.15) is 16.9 Å². The minimum atomic E-state index is -0.534. The van der Waals surface area contributed by atoms with Crippen LogP contribution in [0.5, 0.6) is 5.75 Å². The third-order valence-electron chi connectivity index (χ3n) is 5.28. The summed E-state index contributed by atoms with van der Waals surface area (Å²) in [6.07, 6.45) is 4.19. The van der Waals surface area contributed by atoms with Crippen molar-refractivity contribution in [2.75, 3.05) is 18.4 Å². The number of anilines is 2. The Bertz CT molecular complexity index is 1190. The monoisotopic (exact) mass is 433 g/mol. The van der Waals surface area contributed by atoms with E-state index in [4.69, 9.17) is 9.72 Å². The van der Waals surface area contributed by atoms with Crippen molar-refractivity contribution in [2.24, 2.45) is 0 Å². The number of ether oxygens (including phenoxy) is 1. The van der Waals surface area contributed by atoms with Gasteiger partial charge in [-0.05, 0) is 43.7 Å². The van der Waals surface area contributed by atoms with E-state index in [0.717, 1.165) is 58.0 Å². The summed E-state index contributed by atoms with van der Waals surface area (Å²) in [5.41, 5.74) is 3.42. The summed E-state index contributed by atoms with van der Waals surface area (Å²) in [6.45, 7) is 3.55. The lowest BCUT2D eigenvalue weighted by Crippen LogP contribution is -2.19. The topological polar surface area (TPSA) is 92.2 Å². The number of hydrogen-bond donors (Lipinski definition) is 3. The highest BCUT2D eigenvalue weighted by atomic mass is 32.1. The number of benzene rings is 2. The van der Waals surface area contributed by atoms with E-state index in [9.17, 15) is 5.11 Å². The standard InChI is InChI=1S/C23H23N5O2S/c1-14(29)15-3-2-4-17(9-15)27-23-26-12-16-10-19(22-25-7-8-31-22)21(11-20(16)28-23)30-18-5-6-24-13-18/h2-4,7-12,14,18,24,29H,5-6,13H2,1H3,(H,26,27,28)/t14?,18-/m1/s1. The maximum absolute atomic E-state index is 9.83. The van der Waals surface area contributed by atoms with Gasteiger partial charge in [0.25, 0.3) is 0 Å². The maximum atomic E-state index is 9.83. The smallest absolute Gasteiger partial charge is 0.227 e. The molecule has 0 saturated carbocycles. The van der Waals surface area contributed by atoms with E-state index in [-0.39, 0.29) is 6.10 Å². The van der Waals surface area contributed by atoms with Crippen LogP contribution >= 0.6 is 11.3 Å². The van der Waals surface area contributed by atoms with Gasteiger partial charge in [-0.25, -0.2) is 15.0 Å². The second-order valence-electron chi connectivity index (χ2n) is 7.60. The van der Waals surface area contributed by atoms with Gasteiger partial charge in [-0.15, -0.1) is 11.3 Å². The summed E-state index contributed by atoms with van der Waals surface area (Å²) in [5, 5.41) is 20.2. The molecule has 2 aromatic heterocycles. The summed E-state index contributed by atoms with van der Waals surface area (Å²) in [5.74, 6) is 1.28. The van der Waals surface area contributed by atoms with E-state index in [2.05, 4.69) is 20.6 Å². The number of aromatic nitrogens is 3. The van der Waals surface area contributed by atoms with Crippen LogP contribution in [0.3, 0.4) is 0 Å². The molecule has 0 bridgehead atoms. The number of nitrogens with one attached hydrogen (secondary N) is 2. The number of hydrogen-bond acceptors (Lipinski definition) is 8. The number of nitrogens with zero attached hydrogens (tertiary/aromatic N) is 3. The fraction of sp³-hybridized carbons (Fsp3) is 0.261. The van der Waals surface area contributed by atoms with Gasteiger partial charge in [-0.1, -0.05) is 12.1 Å². The van der Waals surface area contributed by atoms with Crippen LogP contribution in [0.15, 0.2) is 54.2 Å². The van der Waals surface area contributed by atoms with E-state index in [1.165, 1.54) is 0 Å². The molecule has 4 aromatic rings. The molecule has 158 valence electrons. The minimum Gasteiger partial charge on any atom is -0.488 e. The Morgan fingerprint density at radius 3 is 2.97 bits per heavy atom. The molecule has 0 spiro atoms. The molecule has 1 aliphatic heterocycles. The van der Waals surface area contributed by atoms with Crippen LogP contribution in [0.25, 0.3) is 21.5 Å². The zero-order valence-electron chi connectivity index (χ0n) is 17.1. The molecule has 8 heteroatoms. The Balaban J connectivity index is 1.50. The van der Waals surface area contributed by atoms with Crippen molar-refractivity contribution >= 4 is 33.9 Å². The number of aliphatic hydroxyl groups excluding tert-OH is 1. The van der Waals surface area contributed by atoms with Gasteiger partial charge in [0.15, 0.2) is 0 Å². The molecule has 0 amide bonds. The molecule has 3 N–H and O–H groups in total. The minimum absolute atomic E-state index is 0.138. The van der Waals surface area contributed by atoms with Crippen molar-refractivity contribution in [1.82, 2.24) is 20.3 Å². The third-order valence-corrected chi connectivity index (χ3v) is 6.08. The first-order valence-electron chi connectivity index (χ1n) is 10.3. The Morgan fingerprint density at radius 1 is 1.26 bits per heavy atom. The van der Waals surface area contributed by atoms with Gasteiger partial charge in [0.2, 0.25) is 5.95 Å². The predicted octanol–water partition coefficient (Wildman–Crippen LogP) is 4.29. The largest absolute Gasteiger partial charge is 0.488 e. The van der Waals surface area contributed by atoms with E-state index in [1.807, 2.05) is 41.8 Å². The van der Waals surface area contributed by atoms with E-state index >= 15 is 0 Å². The highest BCUT2D eigenvalue weighted by molar-refractivity contribution is 7.13. The van der Waals surface area contributed by atoms with Gasteiger partial charge in [0.05, 0.1) is 17.2 Å². The predicted molar refractivity (Wildman–Crippen MR) is 123 cm³/mol. The molecule has 1 unspecified atom stereocenters. The van der Waals surface area contributed by atoms with Crippen molar-refractivity contribution in [1.29, 1.82) is 0 Å². The fourth-order valence-corrected chi connectivity index (χ4v) is 4.31. The van der Waals surface area contributed by atoms with Gasteiger partial charge >= 0.3 is 0 Å². The Morgan fingerprint density at radius 2 is 2.19 bits per heavy atom. The maximum Gasteiger partial charge on any atom is 0.227 e. The van der Waals surface area contributed by atoms with Crippen molar-refractivity contribution < 1.29 is 9.84 Å². The summed E-state index contributed by atoms with van der Waals surface area (Å²) >= 11 is 1.58. The van der Waals surface area contributed by atoms with Gasteiger partial charge < -0.3 is 20.5 Å². The molecule has 7 nitrogen and oxygen atoms in total. The molecule has 5 rings (SSSR count). The summed E-state index contributed by atoms with van der Waals surface area (Å²) in [6, 6.07) is 11.6. The van der Waals surface area contributed by atoms with E-state index in [1.54, 1.807) is 30.7 Å². The molecule has 1 saturated heterocycles. The lowest BCUT2D eigenvalue weighted by Gasteiger charge is -2.16. The average molecular weight is 434 g/mol. The molecular formula is C23H23N5O2S. The number of aliphatic hydroxyl groups is 1. The van der Waals surface area contributed by atoms with Crippen molar-refractivity contribution in [3.05, 3.63) is 59.7 Å². The lowest BCUT2D eigenvalue weighted by molar-refractivity contribution is 0.199. The molecule has 2 atom stereocenters. The molecule has 0 radical (unpaired) electrons. The van der Waals surface area contributed by atoms with Crippen LogP contribution in [0, 0.1) is 0 Å². The summed E-state index contributed by atoms with van der Waals surface area (Å²) < 4.78 is 6.33. The second-order valence-corrected chi connectivity index (χ2v) is 8.49. The van der Waals surface area contributed by atoms with Crippen LogP contribution in [0.2, 0.25) is 0 Å². The van der Waals surface area contributed by atoms with Crippen LogP contribution in [-0.2, 0) is 0 Å². The number of fused-ring (bicyclic) bond motifs is 1. The summed E-state index contributed by atoms with van der Waals surface area (Å²) in [7, 11) is 0. The van der Waals surface area contributed by atoms with Crippen LogP contribution in [0.4, 0.5) is 11.6 Å². The number of thiazole rings is 1. The first-order valence-corrected chi connectivity index (χ1v) is 11.2. The molecule has 2 aromatic carbocycles. The van der Waals surface area contributed by atoms with Gasteiger partial charge in [0, 0.05) is 41.5 Å². The average Bonchev–Trinajstić information content (AvgIpc) is 3.48. The van der Waals surface area contributed by atoms with Crippen molar-refractivity contribution in [2.45, 2.75) is 25.6 Å². The van der Waals surface area contributed by atoms with Crippen LogP contribution < -0.4 is 15.4 Å². The molecule has 3 heterocycles. The van der Waals surface area contributed by atoms with Crippen molar-refractivity contribution in [3.8, 4) is 16.3 Å². The van der Waals surface area contributed by atoms with Crippen molar-refractivity contribution in [3.63, 3.8) is 0 Å². The Labute approximate surface area is 184 Å². The second kappa shape index (κ2) is 8.58. The van der Waals surface area contributed by atoms with Crippen LogP contribution in [-0.4, -0.2) is 39.3 Å². The SMILES string of the molecule is CC(O)c1cccc(Nc2ncc3cc(-c4nccs4)c(O[C@@H]4CCNC4)cc3n2)c1. The summed E-state index contributed by atoms with van der Waals surface area (Å²) in [4.78, 5) is 13.7. The van der Waals surface area contributed by atoms with Crippen LogP contribution in [0.1, 0.15) is 25.0 Å². The zero-order valence-corrected chi connectivity index (χ0v) is 17.9. The Kier molecular flexibility index (Phi) is 5.50. The van der Waals surface area contributed by atoms with E-state index < -0.39 is 6.10 Å². The lowest BCUT2D eigenvalue weighted by atomic mass is 10.1. The zero-order chi connectivity index (χ0) is 21.2. The first kappa shape index (κ1) is 19.9. The highest BCUT2D eigenvalue weighted by Gasteiger charge is 2.20. The fourth-order valence-electron chi connectivity index (χ4n) is 3.65. The quantitative estimate of drug-likeness (QED) is 0.418. The van der Waals surface area contributed by atoms with Gasteiger partial charge in [-0.2, -0.15) is 0 Å². The third kappa shape index (κ3) is 4.36. The normalized spacial score (nSPS) is 17.0. The molecule has 1 fully saturated rings. The molecular weight excluding hydrogens is 410 g/mol. The Hall–Kier alpha value is -3.07. The highest BCUT2D eigenvalue weighted by Crippen LogP contribution is 2.36. The number of rotatable bonds is 6. The molecule has 31 heavy (non-hydrogen) atoms. The van der Waals surface area contributed by atoms with Gasteiger partial charge in [-0.3, -0.25) is 0 Å². The molecule has 0 aliphatic carbocycles. The van der Waals surface area contributed by atoms with E-state index in [0.29, 0.717) is 5.95 Å². The first-order chi connectivity index (χ1) is 15.2. The molecule has 1 aliphatic rings.